The Labute approximate surface area is 161 Å². The molecule has 1 amide bonds. The minimum atomic E-state index is -3.10. The van der Waals surface area contributed by atoms with E-state index in [4.69, 9.17) is 4.74 Å². The van der Waals surface area contributed by atoms with Gasteiger partial charge < -0.3 is 19.9 Å². The lowest BCUT2D eigenvalue weighted by Gasteiger charge is -2.39. The first kappa shape index (κ1) is 20.2. The highest BCUT2D eigenvalue weighted by Crippen LogP contribution is 2.20. The van der Waals surface area contributed by atoms with Crippen molar-refractivity contribution >= 4 is 22.1 Å². The number of aliphatic imine (C=N–C) groups is 1. The molecule has 3 heterocycles. The molecule has 2 atom stereocenters. The number of carbonyl (C=O) groups excluding carboxylic acids is 1. The second-order valence-corrected chi connectivity index (χ2v) is 10.6. The standard InChI is InChI=1S/C17H31N5O4S/c1-17(2,3)26-16(23)20-7-8-22-14(12-20)10-19-15(22)18-9-13-5-6-21(11-13)27(4,24)25/h13-14H,5-12H2,1-4H3,(H,18,19). The normalized spacial score (nSPS) is 26.7. The van der Waals surface area contributed by atoms with E-state index in [2.05, 4.69) is 15.2 Å². The van der Waals surface area contributed by atoms with E-state index in [1.165, 1.54) is 10.6 Å². The van der Waals surface area contributed by atoms with Gasteiger partial charge in [0.05, 0.1) is 18.8 Å². The number of guanidine groups is 1. The van der Waals surface area contributed by atoms with Gasteiger partial charge in [0.1, 0.15) is 5.60 Å². The average molecular weight is 402 g/mol. The average Bonchev–Trinajstić information content (AvgIpc) is 3.17. The van der Waals surface area contributed by atoms with Crippen LogP contribution in [0.15, 0.2) is 4.99 Å². The molecule has 10 heteroatoms. The summed E-state index contributed by atoms with van der Waals surface area (Å²) in [6.07, 6.45) is 1.86. The van der Waals surface area contributed by atoms with E-state index >= 15 is 0 Å². The van der Waals surface area contributed by atoms with Crippen LogP contribution in [-0.2, 0) is 14.8 Å². The lowest BCUT2D eigenvalue weighted by atomic mass is 10.1. The predicted octanol–water partition coefficient (Wildman–Crippen LogP) is 0.148. The number of nitrogens with zero attached hydrogens (tertiary/aromatic N) is 4. The number of hydrogen-bond acceptors (Lipinski definition) is 7. The Bertz CT molecular complexity index is 703. The fourth-order valence-electron chi connectivity index (χ4n) is 3.72. The van der Waals surface area contributed by atoms with E-state index in [-0.39, 0.29) is 12.1 Å². The van der Waals surface area contributed by atoms with Crippen molar-refractivity contribution in [1.29, 1.82) is 0 Å². The fraction of sp³-hybridized carbons (Fsp3) is 0.882. The largest absolute Gasteiger partial charge is 0.444 e. The van der Waals surface area contributed by atoms with Crippen molar-refractivity contribution in [2.75, 3.05) is 52.1 Å². The number of carbonyl (C=O) groups is 1. The third-order valence-electron chi connectivity index (χ3n) is 5.12. The zero-order chi connectivity index (χ0) is 19.8. The molecule has 0 aromatic heterocycles. The van der Waals surface area contributed by atoms with Gasteiger partial charge in [0.2, 0.25) is 10.0 Å². The van der Waals surface area contributed by atoms with Crippen LogP contribution in [0.2, 0.25) is 0 Å². The third-order valence-corrected chi connectivity index (χ3v) is 6.39. The van der Waals surface area contributed by atoms with Crippen molar-refractivity contribution in [1.82, 2.24) is 19.4 Å². The molecule has 1 N–H and O–H groups in total. The van der Waals surface area contributed by atoms with E-state index in [9.17, 15) is 13.2 Å². The van der Waals surface area contributed by atoms with Crippen LogP contribution in [0, 0.1) is 5.92 Å². The molecule has 0 saturated carbocycles. The van der Waals surface area contributed by atoms with Gasteiger partial charge in [-0.2, -0.15) is 0 Å². The number of hydrogen-bond donors (Lipinski definition) is 1. The summed E-state index contributed by atoms with van der Waals surface area (Å²) in [7, 11) is -3.10. The van der Waals surface area contributed by atoms with Crippen molar-refractivity contribution in [3.05, 3.63) is 0 Å². The number of fused-ring (bicyclic) bond motifs is 1. The predicted molar refractivity (Wildman–Crippen MR) is 103 cm³/mol. The summed E-state index contributed by atoms with van der Waals surface area (Å²) in [5, 5.41) is 3.40. The minimum Gasteiger partial charge on any atom is -0.444 e. The van der Waals surface area contributed by atoms with Gasteiger partial charge in [-0.1, -0.05) is 0 Å². The van der Waals surface area contributed by atoms with Gasteiger partial charge in [0, 0.05) is 39.3 Å². The first-order valence-electron chi connectivity index (χ1n) is 9.51. The summed E-state index contributed by atoms with van der Waals surface area (Å²) in [5.41, 5.74) is -0.492. The van der Waals surface area contributed by atoms with Crippen molar-refractivity contribution in [3.8, 4) is 0 Å². The number of piperazine rings is 1. The molecule has 0 aromatic rings. The van der Waals surface area contributed by atoms with Crippen LogP contribution in [0.3, 0.4) is 0 Å². The lowest BCUT2D eigenvalue weighted by Crippen LogP contribution is -2.57. The van der Waals surface area contributed by atoms with Gasteiger partial charge in [0.15, 0.2) is 5.96 Å². The van der Waals surface area contributed by atoms with Gasteiger partial charge in [-0.05, 0) is 33.1 Å². The van der Waals surface area contributed by atoms with Crippen LogP contribution in [0.5, 0.6) is 0 Å². The maximum Gasteiger partial charge on any atom is 0.410 e. The van der Waals surface area contributed by atoms with Gasteiger partial charge >= 0.3 is 6.09 Å². The molecule has 3 aliphatic heterocycles. The first-order valence-corrected chi connectivity index (χ1v) is 11.4. The quantitative estimate of drug-likeness (QED) is 0.723. The molecule has 2 unspecified atom stereocenters. The Morgan fingerprint density at radius 1 is 1.26 bits per heavy atom. The van der Waals surface area contributed by atoms with Crippen molar-refractivity contribution < 1.29 is 17.9 Å². The maximum atomic E-state index is 12.3. The molecule has 0 aromatic carbocycles. The molecule has 9 nitrogen and oxygen atoms in total. The number of sulfonamides is 1. The van der Waals surface area contributed by atoms with Crippen molar-refractivity contribution in [2.24, 2.45) is 10.9 Å². The summed E-state index contributed by atoms with van der Waals surface area (Å²) in [4.78, 5) is 20.8. The number of ether oxygens (including phenoxy) is 1. The van der Waals surface area contributed by atoms with Gasteiger partial charge in [-0.15, -0.1) is 0 Å². The molecule has 3 rings (SSSR count). The Kier molecular flexibility index (Phi) is 5.58. The van der Waals surface area contributed by atoms with E-state index in [1.807, 2.05) is 20.8 Å². The Morgan fingerprint density at radius 2 is 2.00 bits per heavy atom. The molecular weight excluding hydrogens is 370 g/mol. The Balaban J connectivity index is 1.46. The SMILES string of the molecule is CC(C)(C)OC(=O)N1CCN2C(NCC3CCN(S(C)(=O)=O)C3)=NCC2C1. The van der Waals surface area contributed by atoms with Gasteiger partial charge in [-0.25, -0.2) is 17.5 Å². The summed E-state index contributed by atoms with van der Waals surface area (Å²) in [6.45, 7) is 10.1. The molecule has 154 valence electrons. The first-order chi connectivity index (χ1) is 12.5. The fourth-order valence-corrected chi connectivity index (χ4v) is 4.64. The molecule has 0 bridgehead atoms. The highest BCUT2D eigenvalue weighted by Gasteiger charge is 2.37. The van der Waals surface area contributed by atoms with Gasteiger partial charge in [0.25, 0.3) is 0 Å². The molecule has 2 saturated heterocycles. The Hall–Kier alpha value is -1.55. The number of rotatable bonds is 3. The van der Waals surface area contributed by atoms with Crippen molar-refractivity contribution in [3.63, 3.8) is 0 Å². The summed E-state index contributed by atoms with van der Waals surface area (Å²) < 4.78 is 30.3. The molecule has 2 fully saturated rings. The van der Waals surface area contributed by atoms with E-state index in [0.29, 0.717) is 45.2 Å². The summed E-state index contributed by atoms with van der Waals surface area (Å²) in [5.74, 6) is 1.16. The molecular formula is C17H31N5O4S. The highest BCUT2D eigenvalue weighted by molar-refractivity contribution is 7.88. The van der Waals surface area contributed by atoms with E-state index in [1.54, 1.807) is 4.90 Å². The van der Waals surface area contributed by atoms with Crippen molar-refractivity contribution in [2.45, 2.75) is 38.8 Å². The van der Waals surface area contributed by atoms with E-state index in [0.717, 1.165) is 18.9 Å². The van der Waals surface area contributed by atoms with E-state index < -0.39 is 15.6 Å². The highest BCUT2D eigenvalue weighted by atomic mass is 32.2. The maximum absolute atomic E-state index is 12.3. The summed E-state index contributed by atoms with van der Waals surface area (Å²) >= 11 is 0. The second-order valence-electron chi connectivity index (χ2n) is 8.59. The van der Waals surface area contributed by atoms with Crippen LogP contribution < -0.4 is 5.32 Å². The Morgan fingerprint density at radius 3 is 2.63 bits per heavy atom. The molecule has 0 spiro atoms. The zero-order valence-electron chi connectivity index (χ0n) is 16.6. The minimum absolute atomic E-state index is 0.171. The molecule has 27 heavy (non-hydrogen) atoms. The van der Waals surface area contributed by atoms with Crippen LogP contribution in [0.1, 0.15) is 27.2 Å². The van der Waals surface area contributed by atoms with Crippen LogP contribution in [-0.4, -0.2) is 98.3 Å². The lowest BCUT2D eigenvalue weighted by molar-refractivity contribution is 0.0137. The monoisotopic (exact) mass is 401 g/mol. The molecule has 0 aliphatic carbocycles. The number of nitrogens with one attached hydrogen (secondary N) is 1. The second kappa shape index (κ2) is 7.46. The zero-order valence-corrected chi connectivity index (χ0v) is 17.5. The molecule has 0 radical (unpaired) electrons. The van der Waals surface area contributed by atoms with Crippen LogP contribution in [0.25, 0.3) is 0 Å². The smallest absolute Gasteiger partial charge is 0.410 e. The van der Waals surface area contributed by atoms with Gasteiger partial charge in [-0.3, -0.25) is 4.99 Å². The third kappa shape index (κ3) is 5.04. The number of amides is 1. The topological polar surface area (TPSA) is 94.5 Å². The summed E-state index contributed by atoms with van der Waals surface area (Å²) in [6, 6.07) is 0.171. The van der Waals surface area contributed by atoms with Crippen LogP contribution in [0.4, 0.5) is 4.79 Å². The van der Waals surface area contributed by atoms with Crippen LogP contribution >= 0.6 is 0 Å². The molecule has 3 aliphatic rings.